The molecule has 1 aliphatic rings. The van der Waals surface area contributed by atoms with Gasteiger partial charge < -0.3 is 15.5 Å². The molecule has 0 spiro atoms. The number of amidine groups is 1. The standard InChI is InChI=1S/C28H35N7O2S2/c1-34(2)19-22-13-9-12-21(16-22)18-24(37)29-27-32-31-25(38-27)14-7-8-15-26-35(3)33-28(39-26)30-23(36)17-20-10-5-4-6-11-20/h4-6,9-13,16,26H,7-8,14-15,17-19H2,1-3H3,(H,29,32,37)(H,30,33,36). The molecule has 9 nitrogen and oxygen atoms in total. The molecule has 0 aliphatic carbocycles. The first-order valence-corrected chi connectivity index (χ1v) is 14.7. The Bertz CT molecular complexity index is 1280. The van der Waals surface area contributed by atoms with Gasteiger partial charge in [0.2, 0.25) is 16.9 Å². The third-order valence-electron chi connectivity index (χ3n) is 6.03. The third kappa shape index (κ3) is 9.45. The highest BCUT2D eigenvalue weighted by atomic mass is 32.2. The molecule has 3 aromatic rings. The number of anilines is 1. The lowest BCUT2D eigenvalue weighted by molar-refractivity contribution is -0.119. The number of aryl methyl sites for hydroxylation is 1. The van der Waals surface area contributed by atoms with Crippen molar-refractivity contribution >= 4 is 45.2 Å². The van der Waals surface area contributed by atoms with Gasteiger partial charge in [0.15, 0.2) is 5.17 Å². The molecule has 0 fully saturated rings. The Labute approximate surface area is 238 Å². The molecule has 2 aromatic carbocycles. The van der Waals surface area contributed by atoms with Crippen LogP contribution in [0.15, 0.2) is 59.7 Å². The summed E-state index contributed by atoms with van der Waals surface area (Å²) in [6.07, 6.45) is 4.35. The molecule has 1 unspecified atom stereocenters. The fourth-order valence-corrected chi connectivity index (χ4v) is 6.12. The van der Waals surface area contributed by atoms with Gasteiger partial charge in [0, 0.05) is 20.0 Å². The molecule has 0 radical (unpaired) electrons. The van der Waals surface area contributed by atoms with E-state index in [4.69, 9.17) is 0 Å². The second-order valence-corrected chi connectivity index (χ2v) is 12.0. The second-order valence-electron chi connectivity index (χ2n) is 9.79. The molecule has 39 heavy (non-hydrogen) atoms. The van der Waals surface area contributed by atoms with E-state index in [-0.39, 0.29) is 17.2 Å². The van der Waals surface area contributed by atoms with Gasteiger partial charge in [0.1, 0.15) is 5.01 Å². The van der Waals surface area contributed by atoms with E-state index < -0.39 is 0 Å². The van der Waals surface area contributed by atoms with Crippen molar-refractivity contribution in [3.63, 3.8) is 0 Å². The quantitative estimate of drug-likeness (QED) is 0.319. The van der Waals surface area contributed by atoms with E-state index in [0.717, 1.165) is 48.4 Å². The van der Waals surface area contributed by atoms with Gasteiger partial charge in [-0.1, -0.05) is 84.1 Å². The number of hydrazone groups is 1. The van der Waals surface area contributed by atoms with Crippen molar-refractivity contribution in [1.29, 1.82) is 0 Å². The summed E-state index contributed by atoms with van der Waals surface area (Å²) in [7, 11) is 5.99. The van der Waals surface area contributed by atoms with Crippen molar-refractivity contribution in [2.45, 2.75) is 50.4 Å². The van der Waals surface area contributed by atoms with Crippen LogP contribution < -0.4 is 10.6 Å². The largest absolute Gasteiger partial charge is 0.305 e. The fraction of sp³-hybridized carbons (Fsp3) is 0.393. The fourth-order valence-electron chi connectivity index (χ4n) is 4.23. The van der Waals surface area contributed by atoms with E-state index in [1.807, 2.05) is 68.6 Å². The summed E-state index contributed by atoms with van der Waals surface area (Å²) in [6.45, 7) is 0.838. The number of nitrogens with one attached hydrogen (secondary N) is 2. The summed E-state index contributed by atoms with van der Waals surface area (Å²) in [5, 5.41) is 22.9. The number of amides is 2. The van der Waals surface area contributed by atoms with Crippen LogP contribution in [0.2, 0.25) is 0 Å². The van der Waals surface area contributed by atoms with Crippen LogP contribution in [0.4, 0.5) is 5.13 Å². The normalized spacial score (nSPS) is 14.9. The summed E-state index contributed by atoms with van der Waals surface area (Å²) >= 11 is 3.02. The predicted octanol–water partition coefficient (Wildman–Crippen LogP) is 4.13. The van der Waals surface area contributed by atoms with E-state index >= 15 is 0 Å². The van der Waals surface area contributed by atoms with Gasteiger partial charge >= 0.3 is 0 Å². The molecule has 4 rings (SSSR count). The maximum absolute atomic E-state index is 12.5. The van der Waals surface area contributed by atoms with E-state index in [9.17, 15) is 9.59 Å². The molecule has 11 heteroatoms. The predicted molar refractivity (Wildman–Crippen MR) is 158 cm³/mol. The zero-order valence-corrected chi connectivity index (χ0v) is 24.2. The van der Waals surface area contributed by atoms with Gasteiger partial charge in [-0.05, 0) is 43.6 Å². The van der Waals surface area contributed by atoms with Crippen molar-refractivity contribution in [2.75, 3.05) is 26.5 Å². The minimum absolute atomic E-state index is 0.0569. The average Bonchev–Trinajstić information content (AvgIpc) is 3.47. The molecule has 206 valence electrons. The molecule has 1 atom stereocenters. The molecule has 2 amide bonds. The highest BCUT2D eigenvalue weighted by molar-refractivity contribution is 8.14. The molecule has 2 N–H and O–H groups in total. The number of rotatable bonds is 12. The number of unbranched alkanes of at least 4 members (excludes halogenated alkanes) is 1. The zero-order chi connectivity index (χ0) is 27.6. The highest BCUT2D eigenvalue weighted by Gasteiger charge is 2.25. The van der Waals surface area contributed by atoms with E-state index in [1.165, 1.54) is 16.9 Å². The monoisotopic (exact) mass is 565 g/mol. The Morgan fingerprint density at radius 2 is 1.64 bits per heavy atom. The molecular formula is C28H35N7O2S2. The number of thioether (sulfide) groups is 1. The summed E-state index contributed by atoms with van der Waals surface area (Å²) in [5.41, 5.74) is 3.14. The molecule has 0 saturated heterocycles. The van der Waals surface area contributed by atoms with Gasteiger partial charge in [-0.15, -0.1) is 10.2 Å². The van der Waals surface area contributed by atoms with Crippen LogP contribution in [0.5, 0.6) is 0 Å². The lowest BCUT2D eigenvalue weighted by Gasteiger charge is -2.16. The van der Waals surface area contributed by atoms with Gasteiger partial charge in [-0.3, -0.25) is 14.6 Å². The Morgan fingerprint density at radius 1 is 0.923 bits per heavy atom. The lowest BCUT2D eigenvalue weighted by Crippen LogP contribution is -2.29. The molecule has 0 bridgehead atoms. The minimum atomic E-state index is -0.0901. The summed E-state index contributed by atoms with van der Waals surface area (Å²) in [5.74, 6) is -0.147. The third-order valence-corrected chi connectivity index (χ3v) is 8.14. The average molecular weight is 566 g/mol. The molecule has 0 saturated carbocycles. The zero-order valence-electron chi connectivity index (χ0n) is 22.6. The van der Waals surface area contributed by atoms with E-state index in [2.05, 4.69) is 43.0 Å². The number of aromatic nitrogens is 2. The van der Waals surface area contributed by atoms with Crippen LogP contribution in [0.1, 0.15) is 41.0 Å². The number of hydrogen-bond donors (Lipinski definition) is 2. The first-order valence-electron chi connectivity index (χ1n) is 13.0. The Morgan fingerprint density at radius 3 is 2.44 bits per heavy atom. The summed E-state index contributed by atoms with van der Waals surface area (Å²) < 4.78 is 0. The van der Waals surface area contributed by atoms with Crippen LogP contribution >= 0.6 is 23.1 Å². The number of hydrogen-bond acceptors (Lipinski definition) is 9. The van der Waals surface area contributed by atoms with Gasteiger partial charge in [-0.2, -0.15) is 5.10 Å². The van der Waals surface area contributed by atoms with Crippen LogP contribution in [0, 0.1) is 0 Å². The van der Waals surface area contributed by atoms with Gasteiger partial charge in [-0.25, -0.2) is 0 Å². The van der Waals surface area contributed by atoms with Crippen molar-refractivity contribution in [3.8, 4) is 0 Å². The first-order chi connectivity index (χ1) is 18.8. The number of nitrogens with zero attached hydrogens (tertiary/aromatic N) is 5. The smallest absolute Gasteiger partial charge is 0.230 e. The van der Waals surface area contributed by atoms with Gasteiger partial charge in [0.05, 0.1) is 18.2 Å². The Balaban J connectivity index is 1.14. The molecule has 1 aromatic heterocycles. The number of carbonyl (C=O) groups excluding carboxylic acids is 2. The molecule has 2 heterocycles. The molecule has 1 aliphatic heterocycles. The van der Waals surface area contributed by atoms with Crippen LogP contribution in [-0.2, 0) is 35.4 Å². The maximum atomic E-state index is 12.5. The van der Waals surface area contributed by atoms with Crippen molar-refractivity contribution in [2.24, 2.45) is 5.10 Å². The summed E-state index contributed by atoms with van der Waals surface area (Å²) in [6, 6.07) is 17.8. The number of carbonyl (C=O) groups is 2. The first kappa shape index (κ1) is 28.7. The van der Waals surface area contributed by atoms with Crippen LogP contribution in [0.25, 0.3) is 0 Å². The van der Waals surface area contributed by atoms with Gasteiger partial charge in [0.25, 0.3) is 0 Å². The van der Waals surface area contributed by atoms with E-state index in [1.54, 1.807) is 11.8 Å². The highest BCUT2D eigenvalue weighted by Crippen LogP contribution is 2.28. The molecular weight excluding hydrogens is 530 g/mol. The Kier molecular flexibility index (Phi) is 10.5. The summed E-state index contributed by atoms with van der Waals surface area (Å²) in [4.78, 5) is 27.0. The Hall–Kier alpha value is -3.28. The maximum Gasteiger partial charge on any atom is 0.230 e. The lowest BCUT2D eigenvalue weighted by atomic mass is 10.1. The second kappa shape index (κ2) is 14.2. The van der Waals surface area contributed by atoms with Crippen LogP contribution in [-0.4, -0.2) is 63.6 Å². The van der Waals surface area contributed by atoms with Crippen molar-refractivity contribution < 1.29 is 9.59 Å². The topological polar surface area (TPSA) is 103 Å². The minimum Gasteiger partial charge on any atom is -0.305 e. The van der Waals surface area contributed by atoms with Crippen molar-refractivity contribution in [1.82, 2.24) is 25.4 Å². The van der Waals surface area contributed by atoms with E-state index in [0.29, 0.717) is 23.1 Å². The SMILES string of the molecule is CN(C)Cc1cccc(CC(=O)Nc2nnc(CCCCC3SC(NC(=O)Cc4ccccc4)=NN3C)s2)c1. The van der Waals surface area contributed by atoms with Crippen LogP contribution in [0.3, 0.4) is 0 Å². The number of benzene rings is 2. The van der Waals surface area contributed by atoms with Crippen molar-refractivity contribution in [3.05, 3.63) is 76.3 Å².